The standard InChI is InChI=1S/C24H30N4O4/c1-4-16-9-8-12-18(13-16)28-21(29)20-14-19(22(30)32-5-2)26-27(20)15-24(28,3)23(31)25-17-10-6-7-11-17/h8-9,12-14,17H,4-7,10-11,15H2,1-3H3,(H,25,31). The fourth-order valence-corrected chi connectivity index (χ4v) is 4.62. The third-order valence-corrected chi connectivity index (χ3v) is 6.39. The molecule has 1 unspecified atom stereocenters. The highest BCUT2D eigenvalue weighted by molar-refractivity contribution is 6.12. The number of amides is 2. The molecule has 2 aliphatic rings. The first-order chi connectivity index (χ1) is 15.4. The number of hydrogen-bond acceptors (Lipinski definition) is 5. The third kappa shape index (κ3) is 3.89. The van der Waals surface area contributed by atoms with Crippen LogP contribution in [-0.2, 0) is 22.5 Å². The lowest BCUT2D eigenvalue weighted by atomic mass is 9.93. The Morgan fingerprint density at radius 2 is 1.97 bits per heavy atom. The largest absolute Gasteiger partial charge is 0.461 e. The van der Waals surface area contributed by atoms with Crippen molar-refractivity contribution in [3.05, 3.63) is 47.3 Å². The molecule has 1 fully saturated rings. The number of hydrogen-bond donors (Lipinski definition) is 1. The van der Waals surface area contributed by atoms with Crippen molar-refractivity contribution in [3.63, 3.8) is 0 Å². The molecule has 0 spiro atoms. The molecule has 1 aromatic heterocycles. The monoisotopic (exact) mass is 438 g/mol. The summed E-state index contributed by atoms with van der Waals surface area (Å²) in [6.07, 6.45) is 4.89. The summed E-state index contributed by atoms with van der Waals surface area (Å²) in [5, 5.41) is 7.46. The summed E-state index contributed by atoms with van der Waals surface area (Å²) in [4.78, 5) is 41.1. The summed E-state index contributed by atoms with van der Waals surface area (Å²) >= 11 is 0. The van der Waals surface area contributed by atoms with Crippen LogP contribution in [-0.4, -0.2) is 45.8 Å². The van der Waals surface area contributed by atoms with E-state index in [0.717, 1.165) is 37.7 Å². The van der Waals surface area contributed by atoms with Gasteiger partial charge in [0, 0.05) is 17.8 Å². The van der Waals surface area contributed by atoms with Gasteiger partial charge in [-0.15, -0.1) is 0 Å². The minimum atomic E-state index is -1.20. The van der Waals surface area contributed by atoms with Crippen molar-refractivity contribution in [2.24, 2.45) is 0 Å². The number of aryl methyl sites for hydroxylation is 1. The molecular formula is C24H30N4O4. The first-order valence-corrected chi connectivity index (χ1v) is 11.4. The molecular weight excluding hydrogens is 408 g/mol. The molecule has 8 nitrogen and oxygen atoms in total. The Bertz CT molecular complexity index is 1040. The molecule has 170 valence electrons. The number of esters is 1. The second-order valence-corrected chi connectivity index (χ2v) is 8.69. The fraction of sp³-hybridized carbons (Fsp3) is 0.500. The van der Waals surface area contributed by atoms with Crippen molar-refractivity contribution in [1.82, 2.24) is 15.1 Å². The lowest BCUT2D eigenvalue weighted by Gasteiger charge is -2.43. The Balaban J connectivity index is 1.77. The molecule has 1 N–H and O–H groups in total. The van der Waals surface area contributed by atoms with Crippen molar-refractivity contribution in [2.45, 2.75) is 71.0 Å². The van der Waals surface area contributed by atoms with Crippen LogP contribution in [0.15, 0.2) is 30.3 Å². The van der Waals surface area contributed by atoms with E-state index in [4.69, 9.17) is 4.74 Å². The zero-order valence-corrected chi connectivity index (χ0v) is 18.9. The molecule has 1 saturated carbocycles. The second kappa shape index (κ2) is 8.76. The number of carbonyl (C=O) groups is 3. The molecule has 0 bridgehead atoms. The van der Waals surface area contributed by atoms with Gasteiger partial charge in [-0.3, -0.25) is 19.2 Å². The van der Waals surface area contributed by atoms with Gasteiger partial charge in [0.1, 0.15) is 11.2 Å². The van der Waals surface area contributed by atoms with Gasteiger partial charge >= 0.3 is 5.97 Å². The molecule has 2 aromatic rings. The molecule has 8 heteroatoms. The molecule has 1 aliphatic carbocycles. The summed E-state index contributed by atoms with van der Waals surface area (Å²) in [6, 6.07) is 9.25. The van der Waals surface area contributed by atoms with E-state index >= 15 is 0 Å². The number of carbonyl (C=O) groups excluding carboxylic acids is 3. The van der Waals surface area contributed by atoms with Crippen LogP contribution < -0.4 is 10.2 Å². The van der Waals surface area contributed by atoms with E-state index < -0.39 is 11.5 Å². The maximum Gasteiger partial charge on any atom is 0.358 e. The molecule has 0 radical (unpaired) electrons. The predicted molar refractivity (Wildman–Crippen MR) is 120 cm³/mol. The van der Waals surface area contributed by atoms with E-state index in [2.05, 4.69) is 10.4 Å². The topological polar surface area (TPSA) is 93.5 Å². The van der Waals surface area contributed by atoms with Crippen molar-refractivity contribution in [3.8, 4) is 0 Å². The molecule has 2 amide bonds. The molecule has 4 rings (SSSR count). The summed E-state index contributed by atoms with van der Waals surface area (Å²) in [7, 11) is 0. The second-order valence-electron chi connectivity index (χ2n) is 8.69. The number of benzene rings is 1. The Hall–Kier alpha value is -3.16. The SMILES string of the molecule is CCOC(=O)c1cc2n(n1)CC(C)(C(=O)NC1CCCC1)N(c1cccc(CC)c1)C2=O. The Labute approximate surface area is 187 Å². The lowest BCUT2D eigenvalue weighted by molar-refractivity contribution is -0.127. The van der Waals surface area contributed by atoms with E-state index in [0.29, 0.717) is 5.69 Å². The van der Waals surface area contributed by atoms with Crippen LogP contribution in [0.1, 0.15) is 73.0 Å². The number of aromatic nitrogens is 2. The maximum atomic E-state index is 13.7. The number of ether oxygens (including phenoxy) is 1. The summed E-state index contributed by atoms with van der Waals surface area (Å²) in [6.45, 7) is 5.88. The Morgan fingerprint density at radius 1 is 1.22 bits per heavy atom. The van der Waals surface area contributed by atoms with Crippen molar-refractivity contribution >= 4 is 23.5 Å². The van der Waals surface area contributed by atoms with E-state index in [1.807, 2.05) is 31.2 Å². The number of anilines is 1. The van der Waals surface area contributed by atoms with Gasteiger partial charge in [0.15, 0.2) is 5.69 Å². The molecule has 2 heterocycles. The Morgan fingerprint density at radius 3 is 2.66 bits per heavy atom. The van der Waals surface area contributed by atoms with Crippen LogP contribution in [0.2, 0.25) is 0 Å². The first kappa shape index (κ1) is 22.0. The minimum Gasteiger partial charge on any atom is -0.461 e. The van der Waals surface area contributed by atoms with Crippen LogP contribution in [0.4, 0.5) is 5.69 Å². The lowest BCUT2D eigenvalue weighted by Crippen LogP contribution is -2.65. The highest BCUT2D eigenvalue weighted by atomic mass is 16.5. The van der Waals surface area contributed by atoms with Crippen LogP contribution in [0, 0.1) is 0 Å². The number of nitrogens with zero attached hydrogens (tertiary/aromatic N) is 3. The average molecular weight is 439 g/mol. The third-order valence-electron chi connectivity index (χ3n) is 6.39. The number of rotatable bonds is 6. The van der Waals surface area contributed by atoms with Crippen LogP contribution >= 0.6 is 0 Å². The molecule has 1 atom stereocenters. The van der Waals surface area contributed by atoms with Crippen molar-refractivity contribution < 1.29 is 19.1 Å². The quantitative estimate of drug-likeness (QED) is 0.700. The summed E-state index contributed by atoms with van der Waals surface area (Å²) in [5.74, 6) is -1.16. The molecule has 1 aliphatic heterocycles. The van der Waals surface area contributed by atoms with Crippen LogP contribution in [0.3, 0.4) is 0 Å². The number of fused-ring (bicyclic) bond motifs is 1. The molecule has 1 aromatic carbocycles. The number of nitrogens with one attached hydrogen (secondary N) is 1. The van der Waals surface area contributed by atoms with Gasteiger partial charge in [0.05, 0.1) is 13.2 Å². The Kier molecular flexibility index (Phi) is 6.04. The predicted octanol–water partition coefficient (Wildman–Crippen LogP) is 3.10. The zero-order chi connectivity index (χ0) is 22.9. The van der Waals surface area contributed by atoms with Crippen molar-refractivity contribution in [1.29, 1.82) is 0 Å². The van der Waals surface area contributed by atoms with E-state index in [1.165, 1.54) is 10.7 Å². The van der Waals surface area contributed by atoms with Crippen molar-refractivity contribution in [2.75, 3.05) is 11.5 Å². The van der Waals surface area contributed by atoms with E-state index in [1.54, 1.807) is 18.7 Å². The van der Waals surface area contributed by atoms with E-state index in [-0.39, 0.29) is 42.4 Å². The van der Waals surface area contributed by atoms with Gasteiger partial charge in [0.2, 0.25) is 5.91 Å². The highest BCUT2D eigenvalue weighted by Crippen LogP contribution is 2.34. The van der Waals surface area contributed by atoms with Gasteiger partial charge in [-0.1, -0.05) is 31.9 Å². The van der Waals surface area contributed by atoms with Crippen LogP contribution in [0.5, 0.6) is 0 Å². The smallest absolute Gasteiger partial charge is 0.358 e. The van der Waals surface area contributed by atoms with Gasteiger partial charge in [-0.05, 0) is 50.8 Å². The van der Waals surface area contributed by atoms with Gasteiger partial charge in [0.25, 0.3) is 5.91 Å². The summed E-state index contributed by atoms with van der Waals surface area (Å²) < 4.78 is 6.51. The molecule has 0 saturated heterocycles. The first-order valence-electron chi connectivity index (χ1n) is 11.4. The normalized spacial score (nSPS) is 20.8. The van der Waals surface area contributed by atoms with Crippen LogP contribution in [0.25, 0.3) is 0 Å². The van der Waals surface area contributed by atoms with E-state index in [9.17, 15) is 14.4 Å². The molecule has 32 heavy (non-hydrogen) atoms. The summed E-state index contributed by atoms with van der Waals surface area (Å²) in [5.41, 5.74) is 0.861. The average Bonchev–Trinajstić information content (AvgIpc) is 3.44. The zero-order valence-electron chi connectivity index (χ0n) is 18.9. The van der Waals surface area contributed by atoms with Gasteiger partial charge in [-0.2, -0.15) is 5.10 Å². The minimum absolute atomic E-state index is 0.0675. The van der Waals surface area contributed by atoms with Gasteiger partial charge in [-0.25, -0.2) is 4.79 Å². The maximum absolute atomic E-state index is 13.7. The highest BCUT2D eigenvalue weighted by Gasteiger charge is 2.49. The fourth-order valence-electron chi connectivity index (χ4n) is 4.62. The van der Waals surface area contributed by atoms with Gasteiger partial charge < -0.3 is 10.1 Å².